The van der Waals surface area contributed by atoms with Crippen LogP contribution in [0.15, 0.2) is 49.2 Å². The third-order valence-electron chi connectivity index (χ3n) is 3.61. The van der Waals surface area contributed by atoms with Crippen LogP contribution in [0.4, 0.5) is 0 Å². The molecule has 0 radical (unpaired) electrons. The standard InChI is InChI=1S/C18H14Br2ClN3O2/c1-3-26-17-11(6-13(21)8-15(17)20)9-22-24-10(2)23-16-5-4-12(19)7-14(16)18(24)25/h4-9H,3H2,1-2H3. The fourth-order valence-corrected chi connectivity index (χ4v) is 3.80. The van der Waals surface area contributed by atoms with Gasteiger partial charge in [0.1, 0.15) is 11.6 Å². The van der Waals surface area contributed by atoms with Crippen LogP contribution >= 0.6 is 43.5 Å². The van der Waals surface area contributed by atoms with Crippen LogP contribution in [-0.2, 0) is 0 Å². The van der Waals surface area contributed by atoms with E-state index in [1.54, 1.807) is 37.4 Å². The summed E-state index contributed by atoms with van der Waals surface area (Å²) in [6, 6.07) is 8.85. The molecular formula is C18H14Br2ClN3O2. The number of aromatic nitrogens is 2. The van der Waals surface area contributed by atoms with Crippen molar-refractivity contribution >= 4 is 60.6 Å². The molecule has 0 saturated heterocycles. The number of halogens is 3. The van der Waals surface area contributed by atoms with Gasteiger partial charge >= 0.3 is 0 Å². The Kier molecular flexibility index (Phi) is 5.79. The maximum atomic E-state index is 12.8. The van der Waals surface area contributed by atoms with Crippen molar-refractivity contribution in [2.24, 2.45) is 5.10 Å². The van der Waals surface area contributed by atoms with Crippen molar-refractivity contribution in [2.45, 2.75) is 13.8 Å². The molecule has 0 fully saturated rings. The minimum atomic E-state index is -0.246. The van der Waals surface area contributed by atoms with Gasteiger partial charge in [0.05, 0.1) is 28.2 Å². The van der Waals surface area contributed by atoms with Gasteiger partial charge in [-0.1, -0.05) is 27.5 Å². The van der Waals surface area contributed by atoms with Gasteiger partial charge in [0.25, 0.3) is 5.56 Å². The Labute approximate surface area is 171 Å². The Bertz CT molecular complexity index is 1080. The van der Waals surface area contributed by atoms with Crippen molar-refractivity contribution in [3.05, 3.63) is 66.0 Å². The van der Waals surface area contributed by atoms with Gasteiger partial charge in [-0.2, -0.15) is 9.78 Å². The summed E-state index contributed by atoms with van der Waals surface area (Å²) < 4.78 is 8.44. The molecule has 5 nitrogen and oxygen atoms in total. The summed E-state index contributed by atoms with van der Waals surface area (Å²) in [5, 5.41) is 5.34. The van der Waals surface area contributed by atoms with Crippen molar-refractivity contribution in [1.29, 1.82) is 0 Å². The summed E-state index contributed by atoms with van der Waals surface area (Å²) in [6.07, 6.45) is 1.54. The molecule has 1 aromatic heterocycles. The minimum absolute atomic E-state index is 0.246. The number of nitrogens with zero attached hydrogens (tertiary/aromatic N) is 3. The quantitative estimate of drug-likeness (QED) is 0.466. The van der Waals surface area contributed by atoms with Crippen LogP contribution in [0.2, 0.25) is 5.02 Å². The molecule has 1 heterocycles. The van der Waals surface area contributed by atoms with Crippen LogP contribution in [-0.4, -0.2) is 22.5 Å². The topological polar surface area (TPSA) is 56.5 Å². The highest BCUT2D eigenvalue weighted by Crippen LogP contribution is 2.32. The predicted molar refractivity (Wildman–Crippen MR) is 112 cm³/mol. The molecule has 0 N–H and O–H groups in total. The van der Waals surface area contributed by atoms with Gasteiger partial charge in [0.2, 0.25) is 0 Å². The van der Waals surface area contributed by atoms with Crippen LogP contribution in [0.1, 0.15) is 18.3 Å². The summed E-state index contributed by atoms with van der Waals surface area (Å²) in [5.41, 5.74) is 1.04. The normalized spacial score (nSPS) is 11.4. The van der Waals surface area contributed by atoms with E-state index in [0.717, 1.165) is 8.95 Å². The van der Waals surface area contributed by atoms with E-state index in [4.69, 9.17) is 16.3 Å². The number of hydrogen-bond acceptors (Lipinski definition) is 4. The van der Waals surface area contributed by atoms with Gasteiger partial charge in [-0.3, -0.25) is 4.79 Å². The van der Waals surface area contributed by atoms with Crippen LogP contribution in [0, 0.1) is 6.92 Å². The van der Waals surface area contributed by atoms with Crippen molar-refractivity contribution in [3.63, 3.8) is 0 Å². The zero-order valence-corrected chi connectivity index (χ0v) is 17.9. The van der Waals surface area contributed by atoms with E-state index in [0.29, 0.717) is 39.7 Å². The van der Waals surface area contributed by atoms with Gasteiger partial charge in [-0.05, 0) is 60.1 Å². The number of fused-ring (bicyclic) bond motifs is 1. The molecule has 0 spiro atoms. The molecule has 8 heteroatoms. The Hall–Kier alpha value is -1.70. The number of rotatable bonds is 4. The summed E-state index contributed by atoms with van der Waals surface area (Å²) in [4.78, 5) is 17.2. The molecule has 2 aromatic carbocycles. The number of aryl methyl sites for hydroxylation is 1. The summed E-state index contributed by atoms with van der Waals surface area (Å²) >= 11 is 12.9. The van der Waals surface area contributed by atoms with Crippen LogP contribution < -0.4 is 10.3 Å². The van der Waals surface area contributed by atoms with Crippen molar-refractivity contribution in [2.75, 3.05) is 6.61 Å². The van der Waals surface area contributed by atoms with E-state index in [1.807, 2.05) is 13.0 Å². The fraction of sp³-hybridized carbons (Fsp3) is 0.167. The Morgan fingerprint density at radius 3 is 2.81 bits per heavy atom. The third kappa shape index (κ3) is 3.84. The zero-order valence-electron chi connectivity index (χ0n) is 14.0. The molecule has 26 heavy (non-hydrogen) atoms. The average Bonchev–Trinajstić information content (AvgIpc) is 2.58. The number of ether oxygens (including phenoxy) is 1. The first-order chi connectivity index (χ1) is 12.4. The largest absolute Gasteiger partial charge is 0.492 e. The predicted octanol–water partition coefficient (Wildman–Crippen LogP) is 5.16. The lowest BCUT2D eigenvalue weighted by atomic mass is 10.2. The van der Waals surface area contributed by atoms with Crippen molar-refractivity contribution in [1.82, 2.24) is 9.66 Å². The molecular weight excluding hydrogens is 485 g/mol. The fourth-order valence-electron chi connectivity index (χ4n) is 2.49. The summed E-state index contributed by atoms with van der Waals surface area (Å²) in [6.45, 7) is 4.12. The van der Waals surface area contributed by atoms with Gasteiger partial charge in [0.15, 0.2) is 0 Å². The zero-order chi connectivity index (χ0) is 18.8. The SMILES string of the molecule is CCOc1c(Br)cc(Cl)cc1C=Nn1c(C)nc2ccc(Br)cc2c1=O. The highest BCUT2D eigenvalue weighted by molar-refractivity contribution is 9.10. The Morgan fingerprint density at radius 1 is 1.31 bits per heavy atom. The maximum absolute atomic E-state index is 12.8. The highest BCUT2D eigenvalue weighted by Gasteiger charge is 2.11. The lowest BCUT2D eigenvalue weighted by Crippen LogP contribution is -2.20. The number of benzene rings is 2. The van der Waals surface area contributed by atoms with Crippen LogP contribution in [0.3, 0.4) is 0 Å². The van der Waals surface area contributed by atoms with E-state index >= 15 is 0 Å². The summed E-state index contributed by atoms with van der Waals surface area (Å²) in [5.74, 6) is 1.10. The lowest BCUT2D eigenvalue weighted by Gasteiger charge is -2.10. The van der Waals surface area contributed by atoms with E-state index in [9.17, 15) is 4.79 Å². The second kappa shape index (κ2) is 7.90. The second-order valence-electron chi connectivity index (χ2n) is 5.42. The van der Waals surface area contributed by atoms with E-state index in [1.165, 1.54) is 4.68 Å². The molecule has 3 rings (SSSR count). The molecule has 0 atom stereocenters. The molecule has 3 aromatic rings. The van der Waals surface area contributed by atoms with Gasteiger partial charge in [0, 0.05) is 15.1 Å². The van der Waals surface area contributed by atoms with Gasteiger partial charge < -0.3 is 4.74 Å². The Balaban J connectivity index is 2.14. The maximum Gasteiger partial charge on any atom is 0.282 e. The first kappa shape index (κ1) is 19.1. The molecule has 0 bridgehead atoms. The molecule has 0 aliphatic carbocycles. The third-order valence-corrected chi connectivity index (χ3v) is 4.91. The Morgan fingerprint density at radius 2 is 2.08 bits per heavy atom. The molecule has 0 unspecified atom stereocenters. The molecule has 134 valence electrons. The molecule has 0 saturated carbocycles. The van der Waals surface area contributed by atoms with E-state index in [-0.39, 0.29) is 5.56 Å². The first-order valence-electron chi connectivity index (χ1n) is 7.76. The molecule has 0 aliphatic rings. The first-order valence-corrected chi connectivity index (χ1v) is 9.72. The lowest BCUT2D eigenvalue weighted by molar-refractivity contribution is 0.337. The van der Waals surface area contributed by atoms with Crippen molar-refractivity contribution in [3.8, 4) is 5.75 Å². The molecule has 0 amide bonds. The monoisotopic (exact) mass is 497 g/mol. The smallest absolute Gasteiger partial charge is 0.282 e. The second-order valence-corrected chi connectivity index (χ2v) is 7.63. The highest BCUT2D eigenvalue weighted by atomic mass is 79.9. The number of hydrogen-bond donors (Lipinski definition) is 0. The van der Waals surface area contributed by atoms with Crippen LogP contribution in [0.25, 0.3) is 10.9 Å². The summed E-state index contributed by atoms with van der Waals surface area (Å²) in [7, 11) is 0. The van der Waals surface area contributed by atoms with Gasteiger partial charge in [-0.15, -0.1) is 0 Å². The molecule has 0 aliphatic heterocycles. The van der Waals surface area contributed by atoms with Gasteiger partial charge in [-0.25, -0.2) is 4.98 Å². The van der Waals surface area contributed by atoms with Crippen LogP contribution in [0.5, 0.6) is 5.75 Å². The van der Waals surface area contributed by atoms with Crippen molar-refractivity contribution < 1.29 is 4.74 Å². The average molecular weight is 500 g/mol. The van der Waals surface area contributed by atoms with E-state index < -0.39 is 0 Å². The minimum Gasteiger partial charge on any atom is -0.492 e. The van der Waals surface area contributed by atoms with E-state index in [2.05, 4.69) is 41.9 Å².